The molecule has 2 rings (SSSR count). The highest BCUT2D eigenvalue weighted by atomic mass is 32.2. The number of nitrogens with zero attached hydrogens (tertiary/aromatic N) is 1. The van der Waals surface area contributed by atoms with Gasteiger partial charge in [-0.15, -0.1) is 0 Å². The van der Waals surface area contributed by atoms with Crippen molar-refractivity contribution in [1.29, 1.82) is 0 Å². The van der Waals surface area contributed by atoms with Crippen LogP contribution in [0.25, 0.3) is 0 Å². The van der Waals surface area contributed by atoms with Crippen molar-refractivity contribution in [3.63, 3.8) is 0 Å². The van der Waals surface area contributed by atoms with Crippen LogP contribution >= 0.6 is 0 Å². The zero-order valence-electron chi connectivity index (χ0n) is 11.1. The molecule has 0 amide bonds. The summed E-state index contributed by atoms with van der Waals surface area (Å²) < 4.78 is 28.2. The number of sulfone groups is 1. The fraction of sp³-hybridized carbons (Fsp3) is 0.214. The number of hydrogen-bond donors (Lipinski definition) is 1. The van der Waals surface area contributed by atoms with E-state index < -0.39 is 15.9 Å². The Morgan fingerprint density at radius 3 is 2.15 bits per heavy atom. The molecule has 6 heteroatoms. The van der Waals surface area contributed by atoms with Gasteiger partial charge in [-0.2, -0.15) is 0 Å². The number of aliphatic hydroxyl groups excluding tert-OH is 1. The normalized spacial score (nSPS) is 12.9. The van der Waals surface area contributed by atoms with Crippen molar-refractivity contribution in [3.05, 3.63) is 48.3 Å². The molecule has 1 atom stereocenters. The Kier molecular flexibility index (Phi) is 4.06. The van der Waals surface area contributed by atoms with E-state index in [1.54, 1.807) is 31.2 Å². The standard InChI is InChI=1S/C14H15NO4S/c1-10(16)14-8-5-12(9-15-14)19-11-3-6-13(7-4-11)20(2,17)18/h3-10,16H,1-2H3/t10-/m0/s1. The number of hydrogen-bond acceptors (Lipinski definition) is 5. The molecule has 0 spiro atoms. The summed E-state index contributed by atoms with van der Waals surface area (Å²) in [4.78, 5) is 4.30. The predicted molar refractivity (Wildman–Crippen MR) is 74.5 cm³/mol. The molecule has 1 aromatic carbocycles. The topological polar surface area (TPSA) is 76.5 Å². The summed E-state index contributed by atoms with van der Waals surface area (Å²) in [5.41, 5.74) is 0.560. The summed E-state index contributed by atoms with van der Waals surface area (Å²) in [6, 6.07) is 9.51. The Morgan fingerprint density at radius 1 is 1.10 bits per heavy atom. The monoisotopic (exact) mass is 293 g/mol. The predicted octanol–water partition coefficient (Wildman–Crippen LogP) is 2.33. The number of aliphatic hydroxyl groups is 1. The second-order valence-electron chi connectivity index (χ2n) is 4.44. The van der Waals surface area contributed by atoms with Gasteiger partial charge in [0.25, 0.3) is 0 Å². The molecule has 0 saturated heterocycles. The second kappa shape index (κ2) is 5.60. The molecule has 2 aromatic rings. The van der Waals surface area contributed by atoms with E-state index in [0.717, 1.165) is 6.26 Å². The Hall–Kier alpha value is -1.92. The minimum atomic E-state index is -3.20. The van der Waals surface area contributed by atoms with Crippen LogP contribution in [0.5, 0.6) is 11.5 Å². The van der Waals surface area contributed by atoms with Crippen LogP contribution in [0.4, 0.5) is 0 Å². The number of benzene rings is 1. The van der Waals surface area contributed by atoms with Gasteiger partial charge in [-0.3, -0.25) is 4.98 Å². The lowest BCUT2D eigenvalue weighted by atomic mass is 10.2. The maximum absolute atomic E-state index is 11.3. The van der Waals surface area contributed by atoms with Gasteiger partial charge in [-0.05, 0) is 43.3 Å². The maximum Gasteiger partial charge on any atom is 0.175 e. The van der Waals surface area contributed by atoms with Gasteiger partial charge in [-0.25, -0.2) is 8.42 Å². The fourth-order valence-corrected chi connectivity index (χ4v) is 2.22. The van der Waals surface area contributed by atoms with Crippen molar-refractivity contribution in [1.82, 2.24) is 4.98 Å². The van der Waals surface area contributed by atoms with E-state index in [1.807, 2.05) is 0 Å². The summed E-state index contributed by atoms with van der Waals surface area (Å²) in [7, 11) is -3.20. The minimum Gasteiger partial charge on any atom is -0.456 e. The van der Waals surface area contributed by atoms with E-state index in [0.29, 0.717) is 17.2 Å². The van der Waals surface area contributed by atoms with Crippen molar-refractivity contribution >= 4 is 9.84 Å². The highest BCUT2D eigenvalue weighted by molar-refractivity contribution is 7.90. The van der Waals surface area contributed by atoms with Crippen molar-refractivity contribution < 1.29 is 18.3 Å². The van der Waals surface area contributed by atoms with Crippen molar-refractivity contribution in [2.75, 3.05) is 6.26 Å². The minimum absolute atomic E-state index is 0.243. The van der Waals surface area contributed by atoms with Gasteiger partial charge < -0.3 is 9.84 Å². The molecule has 0 radical (unpaired) electrons. The zero-order valence-corrected chi connectivity index (χ0v) is 12.0. The van der Waals surface area contributed by atoms with E-state index in [4.69, 9.17) is 4.74 Å². The summed E-state index contributed by atoms with van der Waals surface area (Å²) in [5, 5.41) is 9.35. The Morgan fingerprint density at radius 2 is 1.70 bits per heavy atom. The average Bonchev–Trinajstić information content (AvgIpc) is 2.39. The molecule has 20 heavy (non-hydrogen) atoms. The van der Waals surface area contributed by atoms with E-state index >= 15 is 0 Å². The van der Waals surface area contributed by atoms with Gasteiger partial charge in [-0.1, -0.05) is 0 Å². The third-order valence-corrected chi connectivity index (χ3v) is 3.80. The summed E-state index contributed by atoms with van der Waals surface area (Å²) >= 11 is 0. The van der Waals surface area contributed by atoms with Gasteiger partial charge in [0.1, 0.15) is 11.5 Å². The summed E-state index contributed by atoms with van der Waals surface area (Å²) in [5.74, 6) is 1.03. The molecule has 5 nitrogen and oxygen atoms in total. The maximum atomic E-state index is 11.3. The number of ether oxygens (including phenoxy) is 1. The molecule has 0 aliphatic heterocycles. The SMILES string of the molecule is C[C@H](O)c1ccc(Oc2ccc(S(C)(=O)=O)cc2)cn1. The molecule has 0 aliphatic rings. The Labute approximate surface area is 117 Å². The first-order valence-electron chi connectivity index (χ1n) is 5.98. The third-order valence-electron chi connectivity index (χ3n) is 2.67. The van der Waals surface area contributed by atoms with Gasteiger partial charge >= 0.3 is 0 Å². The van der Waals surface area contributed by atoms with Crippen LogP contribution in [0.15, 0.2) is 47.5 Å². The van der Waals surface area contributed by atoms with Gasteiger partial charge in [0.05, 0.1) is 22.9 Å². The van der Waals surface area contributed by atoms with Crippen LogP contribution in [-0.4, -0.2) is 24.8 Å². The summed E-state index contributed by atoms with van der Waals surface area (Å²) in [6.45, 7) is 1.63. The van der Waals surface area contributed by atoms with Crippen LogP contribution in [-0.2, 0) is 9.84 Å². The second-order valence-corrected chi connectivity index (χ2v) is 6.46. The first kappa shape index (κ1) is 14.5. The molecule has 0 saturated carbocycles. The molecule has 1 N–H and O–H groups in total. The molecule has 1 aromatic heterocycles. The lowest BCUT2D eigenvalue weighted by Gasteiger charge is -2.08. The molecule has 0 bridgehead atoms. The van der Waals surface area contributed by atoms with E-state index in [2.05, 4.69) is 4.98 Å². The Balaban J connectivity index is 2.14. The van der Waals surface area contributed by atoms with Crippen molar-refractivity contribution in [3.8, 4) is 11.5 Å². The van der Waals surface area contributed by atoms with E-state index in [1.165, 1.54) is 18.3 Å². The Bertz CT molecular complexity index is 676. The molecule has 0 fully saturated rings. The van der Waals surface area contributed by atoms with Crippen molar-refractivity contribution in [2.24, 2.45) is 0 Å². The number of pyridine rings is 1. The highest BCUT2D eigenvalue weighted by Gasteiger charge is 2.07. The first-order valence-corrected chi connectivity index (χ1v) is 7.87. The molecule has 1 heterocycles. The average molecular weight is 293 g/mol. The van der Waals surface area contributed by atoms with Crippen LogP contribution < -0.4 is 4.74 Å². The fourth-order valence-electron chi connectivity index (χ4n) is 1.59. The van der Waals surface area contributed by atoms with Crippen LogP contribution in [0.1, 0.15) is 18.7 Å². The van der Waals surface area contributed by atoms with E-state index in [-0.39, 0.29) is 4.90 Å². The molecular weight excluding hydrogens is 278 g/mol. The lowest BCUT2D eigenvalue weighted by Crippen LogP contribution is -1.97. The van der Waals surface area contributed by atoms with Gasteiger partial charge in [0, 0.05) is 6.26 Å². The van der Waals surface area contributed by atoms with Gasteiger partial charge in [0.15, 0.2) is 9.84 Å². The molecular formula is C14H15NO4S. The van der Waals surface area contributed by atoms with Crippen LogP contribution in [0.2, 0.25) is 0 Å². The molecule has 106 valence electrons. The lowest BCUT2D eigenvalue weighted by molar-refractivity contribution is 0.194. The van der Waals surface area contributed by atoms with Crippen molar-refractivity contribution in [2.45, 2.75) is 17.9 Å². The van der Waals surface area contributed by atoms with E-state index in [9.17, 15) is 13.5 Å². The van der Waals surface area contributed by atoms with Crippen LogP contribution in [0, 0.1) is 0 Å². The summed E-state index contributed by atoms with van der Waals surface area (Å²) in [6.07, 6.45) is 2.03. The third kappa shape index (κ3) is 3.55. The molecule has 0 unspecified atom stereocenters. The van der Waals surface area contributed by atoms with Crippen LogP contribution in [0.3, 0.4) is 0 Å². The first-order chi connectivity index (χ1) is 9.36. The smallest absolute Gasteiger partial charge is 0.175 e. The number of rotatable bonds is 4. The number of aromatic nitrogens is 1. The van der Waals surface area contributed by atoms with Gasteiger partial charge in [0.2, 0.25) is 0 Å². The molecule has 0 aliphatic carbocycles. The zero-order chi connectivity index (χ0) is 14.8. The largest absolute Gasteiger partial charge is 0.456 e. The quantitative estimate of drug-likeness (QED) is 0.936. The highest BCUT2D eigenvalue weighted by Crippen LogP contribution is 2.23.